The Morgan fingerprint density at radius 1 is 0.920 bits per heavy atom. The lowest BCUT2D eigenvalue weighted by Crippen LogP contribution is -2.20. The molecule has 0 saturated carbocycles. The Morgan fingerprint density at radius 3 is 2.28 bits per heavy atom. The SMILES string of the molecule is COc1ccc(C(=N)/C(=N\N(C)C)c2cccc3ccccc23)cc1. The van der Waals surface area contributed by atoms with E-state index in [1.165, 1.54) is 0 Å². The molecule has 3 aromatic carbocycles. The van der Waals surface area contributed by atoms with Gasteiger partial charge in [-0.2, -0.15) is 5.10 Å². The summed E-state index contributed by atoms with van der Waals surface area (Å²) in [6, 6.07) is 21.8. The molecule has 0 heterocycles. The average molecular weight is 331 g/mol. The fourth-order valence-electron chi connectivity index (χ4n) is 2.76. The van der Waals surface area contributed by atoms with Gasteiger partial charge in [0.2, 0.25) is 0 Å². The summed E-state index contributed by atoms with van der Waals surface area (Å²) in [5.41, 5.74) is 2.78. The second-order valence-corrected chi connectivity index (χ2v) is 5.93. The normalized spacial score (nSPS) is 11.4. The van der Waals surface area contributed by atoms with Gasteiger partial charge in [0.1, 0.15) is 11.5 Å². The Bertz CT molecular complexity index is 922. The summed E-state index contributed by atoms with van der Waals surface area (Å²) in [7, 11) is 5.37. The largest absolute Gasteiger partial charge is 0.497 e. The Labute approximate surface area is 147 Å². The van der Waals surface area contributed by atoms with Crippen LogP contribution >= 0.6 is 0 Å². The molecule has 4 heteroatoms. The van der Waals surface area contributed by atoms with Crippen LogP contribution in [0.4, 0.5) is 0 Å². The van der Waals surface area contributed by atoms with E-state index >= 15 is 0 Å². The summed E-state index contributed by atoms with van der Waals surface area (Å²) >= 11 is 0. The van der Waals surface area contributed by atoms with Crippen LogP contribution in [-0.4, -0.2) is 37.6 Å². The molecule has 0 aliphatic carbocycles. The highest BCUT2D eigenvalue weighted by atomic mass is 16.5. The molecule has 0 aliphatic rings. The number of fused-ring (bicyclic) bond motifs is 1. The standard InChI is InChI=1S/C21H21N3O/c1-24(2)23-21(20(22)16-11-13-17(25-3)14-12-16)19-10-6-8-15-7-4-5-9-18(15)19/h4-14,22H,1-3H3/b22-20?,23-21-. The zero-order chi connectivity index (χ0) is 17.8. The van der Waals surface area contributed by atoms with Crippen molar-refractivity contribution in [3.05, 3.63) is 77.9 Å². The van der Waals surface area contributed by atoms with Gasteiger partial charge in [0, 0.05) is 25.2 Å². The summed E-state index contributed by atoms with van der Waals surface area (Å²) in [4.78, 5) is 0. The third-order valence-corrected chi connectivity index (χ3v) is 3.96. The fourth-order valence-corrected chi connectivity index (χ4v) is 2.76. The quantitative estimate of drug-likeness (QED) is 0.563. The maximum Gasteiger partial charge on any atom is 0.118 e. The third-order valence-electron chi connectivity index (χ3n) is 3.96. The predicted molar refractivity (Wildman–Crippen MR) is 104 cm³/mol. The van der Waals surface area contributed by atoms with Gasteiger partial charge in [0.15, 0.2) is 0 Å². The molecular formula is C21H21N3O. The number of benzene rings is 3. The monoisotopic (exact) mass is 331 g/mol. The molecule has 0 spiro atoms. The number of nitrogens with one attached hydrogen (secondary N) is 1. The molecule has 0 amide bonds. The fraction of sp³-hybridized carbons (Fsp3) is 0.143. The second-order valence-electron chi connectivity index (χ2n) is 5.93. The van der Waals surface area contributed by atoms with Crippen molar-refractivity contribution in [1.29, 1.82) is 5.41 Å². The van der Waals surface area contributed by atoms with Crippen molar-refractivity contribution in [2.45, 2.75) is 0 Å². The van der Waals surface area contributed by atoms with Crippen molar-refractivity contribution >= 4 is 22.2 Å². The number of ether oxygens (including phenoxy) is 1. The van der Waals surface area contributed by atoms with E-state index in [-0.39, 0.29) is 0 Å². The summed E-state index contributed by atoms with van der Waals surface area (Å²) in [5.74, 6) is 0.771. The maximum absolute atomic E-state index is 8.72. The molecule has 3 rings (SSSR count). The van der Waals surface area contributed by atoms with Crippen LogP contribution in [0.5, 0.6) is 5.75 Å². The van der Waals surface area contributed by atoms with E-state index in [2.05, 4.69) is 23.3 Å². The number of rotatable bonds is 5. The maximum atomic E-state index is 8.72. The molecule has 0 radical (unpaired) electrons. The summed E-state index contributed by atoms with van der Waals surface area (Å²) < 4.78 is 5.21. The number of nitrogens with zero attached hydrogens (tertiary/aromatic N) is 2. The van der Waals surface area contributed by atoms with Gasteiger partial charge in [-0.25, -0.2) is 0 Å². The van der Waals surface area contributed by atoms with Gasteiger partial charge in [0.25, 0.3) is 0 Å². The lowest BCUT2D eigenvalue weighted by atomic mass is 9.95. The van der Waals surface area contributed by atoms with E-state index < -0.39 is 0 Å². The van der Waals surface area contributed by atoms with Crippen LogP contribution in [0.25, 0.3) is 10.8 Å². The van der Waals surface area contributed by atoms with Crippen molar-refractivity contribution in [2.75, 3.05) is 21.2 Å². The zero-order valence-electron chi connectivity index (χ0n) is 14.7. The van der Waals surface area contributed by atoms with Crippen LogP contribution in [0.15, 0.2) is 71.8 Å². The number of hydrazone groups is 1. The van der Waals surface area contributed by atoms with Crippen molar-refractivity contribution in [2.24, 2.45) is 5.10 Å². The first-order valence-electron chi connectivity index (χ1n) is 8.07. The number of methoxy groups -OCH3 is 1. The van der Waals surface area contributed by atoms with E-state index in [0.29, 0.717) is 11.4 Å². The smallest absolute Gasteiger partial charge is 0.118 e. The number of hydrogen-bond acceptors (Lipinski definition) is 4. The minimum absolute atomic E-state index is 0.382. The Balaban J connectivity index is 2.12. The summed E-state index contributed by atoms with van der Waals surface area (Å²) in [6.45, 7) is 0. The van der Waals surface area contributed by atoms with Crippen molar-refractivity contribution in [3.63, 3.8) is 0 Å². The highest BCUT2D eigenvalue weighted by Crippen LogP contribution is 2.22. The topological polar surface area (TPSA) is 48.7 Å². The van der Waals surface area contributed by atoms with Crippen LogP contribution in [0.2, 0.25) is 0 Å². The van der Waals surface area contributed by atoms with E-state index in [1.807, 2.05) is 62.6 Å². The van der Waals surface area contributed by atoms with E-state index in [1.54, 1.807) is 12.1 Å². The number of hydrogen-bond donors (Lipinski definition) is 1. The molecule has 0 fully saturated rings. The molecule has 25 heavy (non-hydrogen) atoms. The summed E-state index contributed by atoms with van der Waals surface area (Å²) in [6.07, 6.45) is 0. The molecule has 1 N–H and O–H groups in total. The highest BCUT2D eigenvalue weighted by Gasteiger charge is 2.16. The molecule has 0 aliphatic heterocycles. The molecule has 0 bridgehead atoms. The summed E-state index contributed by atoms with van der Waals surface area (Å²) in [5, 5.41) is 17.3. The molecule has 126 valence electrons. The Kier molecular flexibility index (Phi) is 4.80. The second kappa shape index (κ2) is 7.18. The minimum Gasteiger partial charge on any atom is -0.497 e. The van der Waals surface area contributed by atoms with Crippen molar-refractivity contribution in [3.8, 4) is 5.75 Å². The van der Waals surface area contributed by atoms with Crippen LogP contribution in [-0.2, 0) is 0 Å². The minimum atomic E-state index is 0.382. The van der Waals surface area contributed by atoms with Crippen LogP contribution in [0, 0.1) is 5.41 Å². The van der Waals surface area contributed by atoms with E-state index in [4.69, 9.17) is 10.1 Å². The molecule has 3 aromatic rings. The molecule has 4 nitrogen and oxygen atoms in total. The Morgan fingerprint density at radius 2 is 1.60 bits per heavy atom. The van der Waals surface area contributed by atoms with E-state index in [9.17, 15) is 0 Å². The molecule has 0 aromatic heterocycles. The third kappa shape index (κ3) is 3.53. The lowest BCUT2D eigenvalue weighted by molar-refractivity contribution is 0.415. The van der Waals surface area contributed by atoms with Crippen molar-refractivity contribution in [1.82, 2.24) is 5.01 Å². The van der Waals surface area contributed by atoms with Gasteiger partial charge in [-0.05, 0) is 35.0 Å². The molecular weight excluding hydrogens is 310 g/mol. The predicted octanol–water partition coefficient (Wildman–Crippen LogP) is 4.18. The zero-order valence-corrected chi connectivity index (χ0v) is 14.7. The first-order valence-corrected chi connectivity index (χ1v) is 8.07. The van der Waals surface area contributed by atoms with Gasteiger partial charge in [-0.15, -0.1) is 0 Å². The van der Waals surface area contributed by atoms with Gasteiger partial charge in [-0.3, -0.25) is 5.41 Å². The average Bonchev–Trinajstić information content (AvgIpc) is 2.65. The van der Waals surface area contributed by atoms with Gasteiger partial charge in [-0.1, -0.05) is 42.5 Å². The van der Waals surface area contributed by atoms with Gasteiger partial charge in [0.05, 0.1) is 12.8 Å². The lowest BCUT2D eigenvalue weighted by Gasteiger charge is -2.15. The van der Waals surface area contributed by atoms with Crippen LogP contribution in [0.3, 0.4) is 0 Å². The molecule has 0 unspecified atom stereocenters. The van der Waals surface area contributed by atoms with Crippen LogP contribution < -0.4 is 4.74 Å². The first kappa shape index (κ1) is 16.7. The molecule has 0 saturated heterocycles. The van der Waals surface area contributed by atoms with E-state index in [0.717, 1.165) is 27.6 Å². The molecule has 0 atom stereocenters. The van der Waals surface area contributed by atoms with Crippen molar-refractivity contribution < 1.29 is 4.74 Å². The first-order chi connectivity index (χ1) is 12.1. The Hall–Kier alpha value is -3.14. The van der Waals surface area contributed by atoms with Crippen LogP contribution in [0.1, 0.15) is 11.1 Å². The highest BCUT2D eigenvalue weighted by molar-refractivity contribution is 6.53. The van der Waals surface area contributed by atoms with Gasteiger partial charge < -0.3 is 9.75 Å². The van der Waals surface area contributed by atoms with Gasteiger partial charge >= 0.3 is 0 Å².